The van der Waals surface area contributed by atoms with Gasteiger partial charge in [0.25, 0.3) is 0 Å². The molecule has 0 saturated heterocycles. The van der Waals surface area contributed by atoms with Gasteiger partial charge in [-0.3, -0.25) is 0 Å². The fourth-order valence-electron chi connectivity index (χ4n) is 1.48. The fraction of sp³-hybridized carbons (Fsp3) is 0.400. The van der Waals surface area contributed by atoms with Crippen LogP contribution in [0.1, 0.15) is 11.1 Å². The van der Waals surface area contributed by atoms with Gasteiger partial charge in [-0.15, -0.1) is 0 Å². The lowest BCUT2D eigenvalue weighted by atomic mass is 10.1. The fourth-order valence-corrected chi connectivity index (χ4v) is 1.48. The average Bonchev–Trinajstić information content (AvgIpc) is 2.26. The smallest absolute Gasteiger partial charge is 0.189 e. The summed E-state index contributed by atoms with van der Waals surface area (Å²) in [5, 5.41) is 0. The molecule has 0 unspecified atom stereocenters. The Morgan fingerprint density at radius 2 is 2.43 bits per heavy atom. The molecule has 4 heteroatoms. The monoisotopic (exact) mass is 195 g/mol. The van der Waals surface area contributed by atoms with Gasteiger partial charge in [0.2, 0.25) is 0 Å². The molecule has 0 spiro atoms. The van der Waals surface area contributed by atoms with E-state index in [9.17, 15) is 0 Å². The van der Waals surface area contributed by atoms with Gasteiger partial charge in [0, 0.05) is 17.7 Å². The Labute approximate surface area is 82.7 Å². The molecule has 0 atom stereocenters. The number of fused-ring (bicyclic) bond motifs is 1. The maximum atomic E-state index is 5.43. The molecule has 14 heavy (non-hydrogen) atoms. The minimum Gasteiger partial charge on any atom is -0.467 e. The predicted octanol–water partition coefficient (Wildman–Crippen LogP) is 1.20. The molecule has 76 valence electrons. The SMILES string of the molecule is CONCc1cccc2c1OCOC2. The third-order valence-electron chi connectivity index (χ3n) is 2.13. The van der Waals surface area contributed by atoms with Crippen LogP contribution in [-0.2, 0) is 22.7 Å². The van der Waals surface area contributed by atoms with Crippen molar-refractivity contribution in [2.24, 2.45) is 0 Å². The highest BCUT2D eigenvalue weighted by atomic mass is 16.7. The lowest BCUT2D eigenvalue weighted by Gasteiger charge is -2.20. The number of ether oxygens (including phenoxy) is 2. The summed E-state index contributed by atoms with van der Waals surface area (Å²) in [7, 11) is 1.60. The summed E-state index contributed by atoms with van der Waals surface area (Å²) < 4.78 is 10.6. The van der Waals surface area contributed by atoms with Crippen LogP contribution in [0.5, 0.6) is 5.75 Å². The Bertz CT molecular complexity index is 314. The molecule has 0 bridgehead atoms. The molecule has 1 N–H and O–H groups in total. The number of hydroxylamine groups is 1. The number of hydrogen-bond acceptors (Lipinski definition) is 4. The first-order valence-corrected chi connectivity index (χ1v) is 4.49. The Morgan fingerprint density at radius 3 is 3.29 bits per heavy atom. The Morgan fingerprint density at radius 1 is 1.50 bits per heavy atom. The van der Waals surface area contributed by atoms with Crippen molar-refractivity contribution in [3.63, 3.8) is 0 Å². The van der Waals surface area contributed by atoms with E-state index >= 15 is 0 Å². The summed E-state index contributed by atoms with van der Waals surface area (Å²) in [6.07, 6.45) is 0. The van der Waals surface area contributed by atoms with Crippen molar-refractivity contribution in [1.82, 2.24) is 5.48 Å². The molecule has 0 fully saturated rings. The van der Waals surface area contributed by atoms with Gasteiger partial charge in [0.05, 0.1) is 13.7 Å². The molecule has 1 aliphatic rings. The van der Waals surface area contributed by atoms with Crippen molar-refractivity contribution in [2.45, 2.75) is 13.2 Å². The predicted molar refractivity (Wildman–Crippen MR) is 50.6 cm³/mol. The Balaban J connectivity index is 2.21. The summed E-state index contributed by atoms with van der Waals surface area (Å²) in [6, 6.07) is 6.00. The first kappa shape index (κ1) is 9.45. The van der Waals surface area contributed by atoms with Crippen LogP contribution in [0.4, 0.5) is 0 Å². The van der Waals surface area contributed by atoms with E-state index in [1.165, 1.54) is 0 Å². The normalized spacial score (nSPS) is 14.6. The van der Waals surface area contributed by atoms with Crippen molar-refractivity contribution in [3.05, 3.63) is 29.3 Å². The van der Waals surface area contributed by atoms with E-state index in [1.807, 2.05) is 18.2 Å². The number of benzene rings is 1. The third kappa shape index (κ3) is 1.87. The zero-order valence-corrected chi connectivity index (χ0v) is 8.08. The lowest BCUT2D eigenvalue weighted by Crippen LogP contribution is -2.16. The van der Waals surface area contributed by atoms with Gasteiger partial charge in [-0.25, -0.2) is 0 Å². The molecule has 1 heterocycles. The maximum absolute atomic E-state index is 5.43. The van der Waals surface area contributed by atoms with E-state index in [2.05, 4.69) is 5.48 Å². The highest BCUT2D eigenvalue weighted by Crippen LogP contribution is 2.27. The maximum Gasteiger partial charge on any atom is 0.189 e. The Kier molecular flexibility index (Phi) is 2.98. The minimum absolute atomic E-state index is 0.330. The molecule has 0 amide bonds. The second-order valence-electron chi connectivity index (χ2n) is 3.04. The van der Waals surface area contributed by atoms with Crippen LogP contribution in [0.25, 0.3) is 0 Å². The van der Waals surface area contributed by atoms with E-state index in [-0.39, 0.29) is 0 Å². The molecule has 0 saturated carbocycles. The van der Waals surface area contributed by atoms with Gasteiger partial charge in [0.15, 0.2) is 6.79 Å². The zero-order valence-electron chi connectivity index (χ0n) is 8.08. The van der Waals surface area contributed by atoms with Crippen LogP contribution >= 0.6 is 0 Å². The molecule has 4 nitrogen and oxygen atoms in total. The largest absolute Gasteiger partial charge is 0.467 e. The minimum atomic E-state index is 0.330. The van der Waals surface area contributed by atoms with Gasteiger partial charge < -0.3 is 14.3 Å². The van der Waals surface area contributed by atoms with Crippen LogP contribution in [0.2, 0.25) is 0 Å². The van der Waals surface area contributed by atoms with Crippen LogP contribution < -0.4 is 10.2 Å². The third-order valence-corrected chi connectivity index (χ3v) is 2.13. The first-order chi connectivity index (χ1) is 6.92. The van der Waals surface area contributed by atoms with Gasteiger partial charge in [0.1, 0.15) is 5.75 Å². The lowest BCUT2D eigenvalue weighted by molar-refractivity contribution is -0.0177. The number of para-hydroxylation sites is 1. The molecule has 1 aromatic rings. The van der Waals surface area contributed by atoms with Crippen LogP contribution in [-0.4, -0.2) is 13.9 Å². The van der Waals surface area contributed by atoms with Crippen LogP contribution in [0, 0.1) is 0 Å². The summed E-state index contributed by atoms with van der Waals surface area (Å²) in [5.74, 6) is 0.920. The molecule has 2 rings (SSSR count). The Hall–Kier alpha value is -1.10. The summed E-state index contributed by atoms with van der Waals surface area (Å²) >= 11 is 0. The van der Waals surface area contributed by atoms with E-state index in [1.54, 1.807) is 7.11 Å². The quantitative estimate of drug-likeness (QED) is 0.736. The topological polar surface area (TPSA) is 39.7 Å². The van der Waals surface area contributed by atoms with Crippen molar-refractivity contribution < 1.29 is 14.3 Å². The second-order valence-corrected chi connectivity index (χ2v) is 3.04. The highest BCUT2D eigenvalue weighted by molar-refractivity contribution is 5.41. The van der Waals surface area contributed by atoms with E-state index in [0.717, 1.165) is 16.9 Å². The van der Waals surface area contributed by atoms with E-state index in [4.69, 9.17) is 14.3 Å². The highest BCUT2D eigenvalue weighted by Gasteiger charge is 2.13. The van der Waals surface area contributed by atoms with Crippen molar-refractivity contribution in [2.75, 3.05) is 13.9 Å². The van der Waals surface area contributed by atoms with Crippen molar-refractivity contribution in [3.8, 4) is 5.75 Å². The van der Waals surface area contributed by atoms with Gasteiger partial charge in [-0.1, -0.05) is 18.2 Å². The molecule has 1 aromatic carbocycles. The summed E-state index contributed by atoms with van der Waals surface area (Å²) in [6.45, 7) is 1.59. The molecular formula is C10H13NO3. The molecule has 0 aromatic heterocycles. The van der Waals surface area contributed by atoms with Crippen molar-refractivity contribution in [1.29, 1.82) is 0 Å². The van der Waals surface area contributed by atoms with Gasteiger partial charge in [-0.05, 0) is 0 Å². The summed E-state index contributed by atoms with van der Waals surface area (Å²) in [4.78, 5) is 4.80. The van der Waals surface area contributed by atoms with Crippen molar-refractivity contribution >= 4 is 0 Å². The second kappa shape index (κ2) is 4.41. The average molecular weight is 195 g/mol. The van der Waals surface area contributed by atoms with Gasteiger partial charge in [-0.2, -0.15) is 5.48 Å². The number of hydrogen-bond donors (Lipinski definition) is 1. The van der Waals surface area contributed by atoms with Crippen LogP contribution in [0.3, 0.4) is 0 Å². The van der Waals surface area contributed by atoms with Gasteiger partial charge >= 0.3 is 0 Å². The number of nitrogens with one attached hydrogen (secondary N) is 1. The molecule has 0 radical (unpaired) electrons. The standard InChI is InChI=1S/C10H13NO3/c1-12-11-5-8-3-2-4-9-6-13-7-14-10(8)9/h2-4,11H,5-7H2,1H3. The summed E-state index contributed by atoms with van der Waals surface area (Å²) in [5.41, 5.74) is 4.97. The van der Waals surface area contributed by atoms with E-state index in [0.29, 0.717) is 19.9 Å². The molecule has 0 aliphatic carbocycles. The van der Waals surface area contributed by atoms with Crippen LogP contribution in [0.15, 0.2) is 18.2 Å². The van der Waals surface area contributed by atoms with E-state index < -0.39 is 0 Å². The molecule has 1 aliphatic heterocycles. The molecular weight excluding hydrogens is 182 g/mol. The number of rotatable bonds is 3. The first-order valence-electron chi connectivity index (χ1n) is 4.49. The zero-order chi connectivity index (χ0) is 9.80.